The minimum Gasteiger partial charge on any atom is -0.460 e. The summed E-state index contributed by atoms with van der Waals surface area (Å²) >= 11 is 0. The second kappa shape index (κ2) is 8.33. The van der Waals surface area contributed by atoms with Crippen molar-refractivity contribution in [1.82, 2.24) is 14.9 Å². The monoisotopic (exact) mass is 361 g/mol. The first-order chi connectivity index (χ1) is 12.4. The Hall–Kier alpha value is -1.69. The minimum absolute atomic E-state index is 0.113. The Morgan fingerprint density at radius 3 is 2.65 bits per heavy atom. The molecule has 6 heteroatoms. The summed E-state index contributed by atoms with van der Waals surface area (Å²) < 4.78 is 5.63. The van der Waals surface area contributed by atoms with Crippen LogP contribution in [0.5, 0.6) is 6.01 Å². The van der Waals surface area contributed by atoms with Crippen molar-refractivity contribution in [2.75, 3.05) is 19.7 Å². The predicted molar refractivity (Wildman–Crippen MR) is 99.0 cm³/mol. The molecule has 1 saturated heterocycles. The van der Waals surface area contributed by atoms with Crippen LogP contribution >= 0.6 is 0 Å². The number of aromatic nitrogens is 2. The largest absolute Gasteiger partial charge is 0.460 e. The van der Waals surface area contributed by atoms with Crippen molar-refractivity contribution in [3.8, 4) is 6.01 Å². The van der Waals surface area contributed by atoms with Gasteiger partial charge in [-0.1, -0.05) is 32.1 Å². The van der Waals surface area contributed by atoms with Crippen LogP contribution in [0.4, 0.5) is 0 Å². The van der Waals surface area contributed by atoms with Gasteiger partial charge in [0, 0.05) is 24.4 Å². The van der Waals surface area contributed by atoms with Gasteiger partial charge in [0.1, 0.15) is 12.2 Å². The van der Waals surface area contributed by atoms with Crippen LogP contribution in [0, 0.1) is 19.8 Å². The molecule has 0 spiro atoms. The number of β-amino-alcohol motifs (C(OH)–C–C–N with tert-alkyl or cyclic N) is 1. The molecule has 1 aromatic heterocycles. The molecule has 1 unspecified atom stereocenters. The summed E-state index contributed by atoms with van der Waals surface area (Å²) in [7, 11) is 0. The van der Waals surface area contributed by atoms with E-state index in [0.717, 1.165) is 17.8 Å². The van der Waals surface area contributed by atoms with E-state index in [2.05, 4.69) is 9.97 Å². The second-order valence-electron chi connectivity index (χ2n) is 8.05. The van der Waals surface area contributed by atoms with Crippen molar-refractivity contribution in [2.24, 2.45) is 5.92 Å². The number of rotatable bonds is 6. The summed E-state index contributed by atoms with van der Waals surface area (Å²) in [5.74, 6) is 0.869. The summed E-state index contributed by atoms with van der Waals surface area (Å²) in [6.45, 7) is 4.82. The van der Waals surface area contributed by atoms with Gasteiger partial charge in [0.05, 0.1) is 6.54 Å². The highest BCUT2D eigenvalue weighted by atomic mass is 16.5. The zero-order chi connectivity index (χ0) is 18.6. The average Bonchev–Trinajstić information content (AvgIpc) is 3.01. The molecule has 1 aromatic rings. The Balaban J connectivity index is 1.46. The van der Waals surface area contributed by atoms with Crippen LogP contribution in [-0.4, -0.2) is 51.2 Å². The molecule has 1 amide bonds. The van der Waals surface area contributed by atoms with E-state index in [9.17, 15) is 9.90 Å². The van der Waals surface area contributed by atoms with E-state index >= 15 is 0 Å². The number of aliphatic hydroxyl groups is 1. The molecular weight excluding hydrogens is 330 g/mol. The van der Waals surface area contributed by atoms with Crippen molar-refractivity contribution in [3.63, 3.8) is 0 Å². The van der Waals surface area contributed by atoms with E-state index in [1.165, 1.54) is 32.1 Å². The number of carbonyl (C=O) groups is 1. The van der Waals surface area contributed by atoms with Gasteiger partial charge in [0.15, 0.2) is 0 Å². The lowest BCUT2D eigenvalue weighted by atomic mass is 9.86. The molecule has 0 bridgehead atoms. The molecule has 1 aliphatic heterocycles. The van der Waals surface area contributed by atoms with E-state index in [-0.39, 0.29) is 18.5 Å². The van der Waals surface area contributed by atoms with Crippen molar-refractivity contribution in [3.05, 3.63) is 17.5 Å². The van der Waals surface area contributed by atoms with Gasteiger partial charge in [-0.2, -0.15) is 0 Å². The van der Waals surface area contributed by atoms with E-state index < -0.39 is 5.60 Å². The lowest BCUT2D eigenvalue weighted by Gasteiger charge is -2.24. The Labute approximate surface area is 156 Å². The fourth-order valence-corrected chi connectivity index (χ4v) is 4.11. The molecule has 0 aromatic carbocycles. The van der Waals surface area contributed by atoms with Gasteiger partial charge in [0.2, 0.25) is 5.91 Å². The smallest absolute Gasteiger partial charge is 0.316 e. The highest BCUT2D eigenvalue weighted by molar-refractivity contribution is 5.76. The Bertz CT molecular complexity index is 610. The first kappa shape index (κ1) is 19.1. The summed E-state index contributed by atoms with van der Waals surface area (Å²) in [5.41, 5.74) is 0.664. The lowest BCUT2D eigenvalue weighted by Crippen LogP contribution is -2.41. The topological polar surface area (TPSA) is 75.6 Å². The third-order valence-corrected chi connectivity index (χ3v) is 5.61. The molecule has 3 rings (SSSR count). The highest BCUT2D eigenvalue weighted by Gasteiger charge is 2.39. The molecule has 2 heterocycles. The molecule has 6 nitrogen and oxygen atoms in total. The Morgan fingerprint density at radius 2 is 1.96 bits per heavy atom. The average molecular weight is 361 g/mol. The van der Waals surface area contributed by atoms with E-state index in [4.69, 9.17) is 4.74 Å². The SMILES string of the molecule is Cc1cc(C)nc(OCC2(O)CCN(C(=O)CCC3CCCCC3)C2)n1. The predicted octanol–water partition coefficient (Wildman–Crippen LogP) is 2.80. The number of likely N-dealkylation sites (tertiary alicyclic amines) is 1. The van der Waals surface area contributed by atoms with Gasteiger partial charge in [-0.3, -0.25) is 4.79 Å². The minimum atomic E-state index is -1.01. The number of amides is 1. The molecule has 2 aliphatic rings. The van der Waals surface area contributed by atoms with Crippen molar-refractivity contribution >= 4 is 5.91 Å². The van der Waals surface area contributed by atoms with E-state index in [1.807, 2.05) is 19.9 Å². The van der Waals surface area contributed by atoms with Crippen LogP contribution in [0.2, 0.25) is 0 Å². The number of aryl methyl sites for hydroxylation is 2. The fourth-order valence-electron chi connectivity index (χ4n) is 4.11. The maximum atomic E-state index is 12.5. The molecule has 1 aliphatic carbocycles. The standard InChI is InChI=1S/C20H31N3O3/c1-15-12-16(2)22-19(21-15)26-14-20(25)10-11-23(13-20)18(24)9-8-17-6-4-3-5-7-17/h12,17,25H,3-11,13-14H2,1-2H3. The summed E-state index contributed by atoms with van der Waals surface area (Å²) in [6, 6.07) is 2.17. The number of nitrogens with zero attached hydrogens (tertiary/aromatic N) is 3. The quantitative estimate of drug-likeness (QED) is 0.843. The van der Waals surface area contributed by atoms with Crippen LogP contribution in [-0.2, 0) is 4.79 Å². The first-order valence-electron chi connectivity index (χ1n) is 9.89. The van der Waals surface area contributed by atoms with E-state index in [0.29, 0.717) is 31.8 Å². The maximum absolute atomic E-state index is 12.5. The molecule has 1 atom stereocenters. The Kier molecular flexibility index (Phi) is 6.12. The fraction of sp³-hybridized carbons (Fsp3) is 0.750. The third kappa shape index (κ3) is 5.16. The molecule has 0 radical (unpaired) electrons. The van der Waals surface area contributed by atoms with Crippen molar-refractivity contribution in [2.45, 2.75) is 70.8 Å². The van der Waals surface area contributed by atoms with Crippen molar-refractivity contribution < 1.29 is 14.6 Å². The van der Waals surface area contributed by atoms with Crippen molar-refractivity contribution in [1.29, 1.82) is 0 Å². The number of hydrogen-bond acceptors (Lipinski definition) is 5. The van der Waals surface area contributed by atoms with Crippen LogP contribution < -0.4 is 4.74 Å². The zero-order valence-electron chi connectivity index (χ0n) is 16.0. The highest BCUT2D eigenvalue weighted by Crippen LogP contribution is 2.28. The normalized spacial score (nSPS) is 24.0. The lowest BCUT2D eigenvalue weighted by molar-refractivity contribution is -0.131. The van der Waals surface area contributed by atoms with Crippen LogP contribution in [0.25, 0.3) is 0 Å². The first-order valence-corrected chi connectivity index (χ1v) is 9.89. The van der Waals surface area contributed by atoms with Gasteiger partial charge >= 0.3 is 6.01 Å². The molecule has 1 saturated carbocycles. The zero-order valence-corrected chi connectivity index (χ0v) is 16.0. The molecule has 26 heavy (non-hydrogen) atoms. The van der Waals surface area contributed by atoms with Crippen LogP contribution in [0.15, 0.2) is 6.07 Å². The van der Waals surface area contributed by atoms with Crippen LogP contribution in [0.3, 0.4) is 0 Å². The summed E-state index contributed by atoms with van der Waals surface area (Å²) in [6.07, 6.45) is 8.60. The molecule has 2 fully saturated rings. The maximum Gasteiger partial charge on any atom is 0.316 e. The second-order valence-corrected chi connectivity index (χ2v) is 8.05. The summed E-state index contributed by atoms with van der Waals surface area (Å²) in [5, 5.41) is 10.8. The van der Waals surface area contributed by atoms with Gasteiger partial charge in [-0.25, -0.2) is 9.97 Å². The number of carbonyl (C=O) groups excluding carboxylic acids is 1. The van der Waals surface area contributed by atoms with Crippen LogP contribution in [0.1, 0.15) is 62.8 Å². The van der Waals surface area contributed by atoms with Gasteiger partial charge in [0.25, 0.3) is 0 Å². The molecule has 1 N–H and O–H groups in total. The van der Waals surface area contributed by atoms with Gasteiger partial charge in [-0.15, -0.1) is 0 Å². The van der Waals surface area contributed by atoms with Gasteiger partial charge in [-0.05, 0) is 38.7 Å². The molecule has 144 valence electrons. The summed E-state index contributed by atoms with van der Waals surface area (Å²) in [4.78, 5) is 22.7. The van der Waals surface area contributed by atoms with Gasteiger partial charge < -0.3 is 14.7 Å². The Morgan fingerprint density at radius 1 is 1.27 bits per heavy atom. The number of ether oxygens (including phenoxy) is 1. The third-order valence-electron chi connectivity index (χ3n) is 5.61. The number of hydrogen-bond donors (Lipinski definition) is 1. The molecular formula is C20H31N3O3. The van der Waals surface area contributed by atoms with E-state index in [1.54, 1.807) is 4.90 Å².